The van der Waals surface area contributed by atoms with Gasteiger partial charge in [0.05, 0.1) is 7.11 Å². The van der Waals surface area contributed by atoms with Crippen molar-refractivity contribution >= 4 is 11.3 Å². The molecule has 2 aromatic rings. The minimum Gasteiger partial charge on any atom is -0.494 e. The lowest BCUT2D eigenvalue weighted by Gasteiger charge is -2.03. The second-order valence-electron chi connectivity index (χ2n) is 2.86. The number of benzene rings is 1. The summed E-state index contributed by atoms with van der Waals surface area (Å²) in [4.78, 5) is 0. The molecule has 0 radical (unpaired) electrons. The summed E-state index contributed by atoms with van der Waals surface area (Å²) in [6, 6.07) is 6.94. The molecule has 0 bridgehead atoms. The van der Waals surface area contributed by atoms with Gasteiger partial charge >= 0.3 is 0 Å². The highest BCUT2D eigenvalue weighted by molar-refractivity contribution is 7.08. The molecule has 1 heterocycles. The van der Waals surface area contributed by atoms with E-state index in [1.807, 2.05) is 22.9 Å². The third kappa shape index (κ3) is 1.63. The fourth-order valence-electron chi connectivity index (χ4n) is 1.27. The summed E-state index contributed by atoms with van der Waals surface area (Å²) >= 11 is 1.60. The van der Waals surface area contributed by atoms with Crippen LogP contribution in [0.3, 0.4) is 0 Å². The predicted octanol–water partition coefficient (Wildman–Crippen LogP) is 3.56. The lowest BCUT2D eigenvalue weighted by Crippen LogP contribution is -1.87. The zero-order chi connectivity index (χ0) is 9.97. The minimum absolute atomic E-state index is 0.281. The molecule has 0 aliphatic heterocycles. The summed E-state index contributed by atoms with van der Waals surface area (Å²) < 4.78 is 18.2. The van der Waals surface area contributed by atoms with Crippen LogP contribution in [0.2, 0.25) is 0 Å². The van der Waals surface area contributed by atoms with Crippen molar-refractivity contribution in [2.45, 2.75) is 0 Å². The van der Waals surface area contributed by atoms with Crippen LogP contribution in [0.15, 0.2) is 35.0 Å². The molecule has 1 aromatic heterocycles. The third-order valence-electron chi connectivity index (χ3n) is 2.01. The Bertz CT molecular complexity index is 423. The van der Waals surface area contributed by atoms with Gasteiger partial charge in [-0.05, 0) is 40.1 Å². The summed E-state index contributed by atoms with van der Waals surface area (Å²) in [5.74, 6) is -0.0415. The number of hydrogen-bond donors (Lipinski definition) is 0. The van der Waals surface area contributed by atoms with Gasteiger partial charge in [-0.25, -0.2) is 4.39 Å². The fourth-order valence-corrected chi connectivity index (χ4v) is 1.94. The zero-order valence-corrected chi connectivity index (χ0v) is 8.48. The molecular formula is C11H9FOS. The molecule has 2 rings (SSSR count). The van der Waals surface area contributed by atoms with Crippen LogP contribution in [0.1, 0.15) is 0 Å². The van der Waals surface area contributed by atoms with Crippen molar-refractivity contribution in [3.63, 3.8) is 0 Å². The van der Waals surface area contributed by atoms with Crippen molar-refractivity contribution in [2.75, 3.05) is 7.11 Å². The van der Waals surface area contributed by atoms with E-state index in [2.05, 4.69) is 0 Å². The molecule has 0 aliphatic carbocycles. The molecule has 14 heavy (non-hydrogen) atoms. The van der Waals surface area contributed by atoms with E-state index >= 15 is 0 Å². The summed E-state index contributed by atoms with van der Waals surface area (Å²) in [5.41, 5.74) is 1.92. The lowest BCUT2D eigenvalue weighted by atomic mass is 10.1. The number of hydrogen-bond acceptors (Lipinski definition) is 2. The molecular weight excluding hydrogens is 199 g/mol. The van der Waals surface area contributed by atoms with Crippen molar-refractivity contribution < 1.29 is 9.13 Å². The smallest absolute Gasteiger partial charge is 0.165 e. The predicted molar refractivity (Wildman–Crippen MR) is 56.3 cm³/mol. The summed E-state index contributed by atoms with van der Waals surface area (Å²) in [7, 11) is 1.46. The molecule has 0 atom stereocenters. The Labute approximate surface area is 85.8 Å². The van der Waals surface area contributed by atoms with E-state index in [9.17, 15) is 4.39 Å². The molecule has 1 nitrogen and oxygen atoms in total. The van der Waals surface area contributed by atoms with E-state index in [-0.39, 0.29) is 11.6 Å². The van der Waals surface area contributed by atoms with Gasteiger partial charge in [0.2, 0.25) is 0 Å². The third-order valence-corrected chi connectivity index (χ3v) is 2.69. The van der Waals surface area contributed by atoms with Crippen LogP contribution in [0.5, 0.6) is 5.75 Å². The maximum absolute atomic E-state index is 13.3. The van der Waals surface area contributed by atoms with Crippen LogP contribution in [-0.4, -0.2) is 7.11 Å². The first kappa shape index (κ1) is 9.21. The molecule has 0 aliphatic rings. The lowest BCUT2D eigenvalue weighted by molar-refractivity contribution is 0.386. The van der Waals surface area contributed by atoms with E-state index in [1.165, 1.54) is 13.2 Å². The Morgan fingerprint density at radius 3 is 2.64 bits per heavy atom. The highest BCUT2D eigenvalue weighted by atomic mass is 32.1. The number of thiophene rings is 1. The Hall–Kier alpha value is -1.35. The van der Waals surface area contributed by atoms with E-state index in [4.69, 9.17) is 4.74 Å². The van der Waals surface area contributed by atoms with E-state index in [0.29, 0.717) is 0 Å². The van der Waals surface area contributed by atoms with Crippen LogP contribution in [0.4, 0.5) is 4.39 Å². The van der Waals surface area contributed by atoms with Gasteiger partial charge in [0.25, 0.3) is 0 Å². The van der Waals surface area contributed by atoms with Gasteiger partial charge < -0.3 is 4.74 Å². The molecule has 0 N–H and O–H groups in total. The first-order valence-corrected chi connectivity index (χ1v) is 5.11. The molecule has 1 aromatic carbocycles. The Balaban J connectivity index is 2.43. The first-order valence-electron chi connectivity index (χ1n) is 4.17. The van der Waals surface area contributed by atoms with Gasteiger partial charge in [0.15, 0.2) is 11.6 Å². The minimum atomic E-state index is -0.323. The number of ether oxygens (including phenoxy) is 1. The largest absolute Gasteiger partial charge is 0.494 e. The number of methoxy groups -OCH3 is 1. The fraction of sp³-hybridized carbons (Fsp3) is 0.0909. The van der Waals surface area contributed by atoms with Gasteiger partial charge in [-0.3, -0.25) is 0 Å². The monoisotopic (exact) mass is 208 g/mol. The Morgan fingerprint density at radius 2 is 2.07 bits per heavy atom. The maximum atomic E-state index is 13.3. The van der Waals surface area contributed by atoms with Crippen LogP contribution < -0.4 is 4.74 Å². The van der Waals surface area contributed by atoms with Gasteiger partial charge in [-0.1, -0.05) is 6.07 Å². The van der Waals surface area contributed by atoms with Crippen molar-refractivity contribution in [1.29, 1.82) is 0 Å². The molecule has 3 heteroatoms. The zero-order valence-electron chi connectivity index (χ0n) is 7.66. The average molecular weight is 208 g/mol. The Morgan fingerprint density at radius 1 is 1.21 bits per heavy atom. The SMILES string of the molecule is COc1ccc(-c2ccsc2)cc1F. The highest BCUT2D eigenvalue weighted by Crippen LogP contribution is 2.26. The van der Waals surface area contributed by atoms with Crippen LogP contribution in [-0.2, 0) is 0 Å². The van der Waals surface area contributed by atoms with Gasteiger partial charge in [0, 0.05) is 0 Å². The van der Waals surface area contributed by atoms with E-state index < -0.39 is 0 Å². The molecule has 0 saturated heterocycles. The summed E-state index contributed by atoms with van der Waals surface area (Å²) in [6.07, 6.45) is 0. The summed E-state index contributed by atoms with van der Waals surface area (Å²) in [5, 5.41) is 3.96. The molecule has 0 amide bonds. The van der Waals surface area contributed by atoms with Crippen LogP contribution >= 0.6 is 11.3 Å². The van der Waals surface area contributed by atoms with Gasteiger partial charge in [-0.15, -0.1) is 0 Å². The maximum Gasteiger partial charge on any atom is 0.165 e. The van der Waals surface area contributed by atoms with Crippen LogP contribution in [0, 0.1) is 5.82 Å². The molecule has 0 spiro atoms. The molecule has 72 valence electrons. The highest BCUT2D eigenvalue weighted by Gasteiger charge is 2.04. The standard InChI is InChI=1S/C11H9FOS/c1-13-11-3-2-8(6-10(11)12)9-4-5-14-7-9/h2-7H,1H3. The number of halogens is 1. The average Bonchev–Trinajstić information content (AvgIpc) is 2.70. The van der Waals surface area contributed by atoms with Crippen molar-refractivity contribution in [1.82, 2.24) is 0 Å². The second-order valence-corrected chi connectivity index (χ2v) is 3.64. The first-order chi connectivity index (χ1) is 6.81. The van der Waals surface area contributed by atoms with Crippen LogP contribution in [0.25, 0.3) is 11.1 Å². The molecule has 0 unspecified atom stereocenters. The Kier molecular flexibility index (Phi) is 2.50. The topological polar surface area (TPSA) is 9.23 Å². The van der Waals surface area contributed by atoms with Crippen molar-refractivity contribution in [3.05, 3.63) is 40.8 Å². The summed E-state index contributed by atoms with van der Waals surface area (Å²) in [6.45, 7) is 0. The van der Waals surface area contributed by atoms with E-state index in [1.54, 1.807) is 17.4 Å². The quantitative estimate of drug-likeness (QED) is 0.733. The molecule has 0 fully saturated rings. The molecule has 0 saturated carbocycles. The second kappa shape index (κ2) is 3.80. The normalized spacial score (nSPS) is 10.1. The van der Waals surface area contributed by atoms with Crippen molar-refractivity contribution in [2.24, 2.45) is 0 Å². The van der Waals surface area contributed by atoms with E-state index in [0.717, 1.165) is 11.1 Å². The van der Waals surface area contributed by atoms with Crippen molar-refractivity contribution in [3.8, 4) is 16.9 Å². The van der Waals surface area contributed by atoms with Gasteiger partial charge in [0.1, 0.15) is 0 Å². The number of rotatable bonds is 2. The van der Waals surface area contributed by atoms with Gasteiger partial charge in [-0.2, -0.15) is 11.3 Å².